The largest absolute Gasteiger partial charge is 0.398 e. The maximum Gasteiger partial charge on any atom is 0.255 e. The summed E-state index contributed by atoms with van der Waals surface area (Å²) < 4.78 is 0. The lowest BCUT2D eigenvalue weighted by molar-refractivity contribution is 0.102. The zero-order valence-corrected chi connectivity index (χ0v) is 11.5. The van der Waals surface area contributed by atoms with Gasteiger partial charge in [0.1, 0.15) is 0 Å². The number of nitrogens with two attached hydrogens (primary N) is 1. The molecule has 2 rings (SSSR count). The Labute approximate surface area is 122 Å². The predicted molar refractivity (Wildman–Crippen MR) is 81.0 cm³/mol. The van der Waals surface area contributed by atoms with Gasteiger partial charge in [-0.15, -0.1) is 0 Å². The molecule has 104 valence electrons. The normalized spacial score (nSPS) is 10.3. The number of rotatable bonds is 4. The molecule has 5 heteroatoms. The van der Waals surface area contributed by atoms with E-state index in [1.54, 1.807) is 24.3 Å². The Morgan fingerprint density at radius 1 is 1.20 bits per heavy atom. The molecular formula is C15H15ClN2O2. The smallest absolute Gasteiger partial charge is 0.255 e. The Kier molecular flexibility index (Phi) is 4.61. The summed E-state index contributed by atoms with van der Waals surface area (Å²) in [5, 5.41) is 12.0. The van der Waals surface area contributed by atoms with Crippen molar-refractivity contribution in [1.82, 2.24) is 0 Å². The van der Waals surface area contributed by atoms with Crippen molar-refractivity contribution in [2.45, 2.75) is 6.42 Å². The van der Waals surface area contributed by atoms with Gasteiger partial charge in [-0.3, -0.25) is 4.79 Å². The Hall–Kier alpha value is -2.04. The molecule has 0 aliphatic rings. The molecule has 0 spiro atoms. The third kappa shape index (κ3) is 3.50. The van der Waals surface area contributed by atoms with Gasteiger partial charge in [0, 0.05) is 17.9 Å². The number of hydrogen-bond acceptors (Lipinski definition) is 3. The molecule has 0 bridgehead atoms. The van der Waals surface area contributed by atoms with E-state index in [0.29, 0.717) is 28.4 Å². The van der Waals surface area contributed by atoms with Crippen LogP contribution in [0.25, 0.3) is 0 Å². The number of aliphatic hydroxyl groups excluding tert-OH is 1. The van der Waals surface area contributed by atoms with Crippen LogP contribution >= 0.6 is 11.6 Å². The van der Waals surface area contributed by atoms with Gasteiger partial charge in [-0.25, -0.2) is 0 Å². The van der Waals surface area contributed by atoms with Gasteiger partial charge in [-0.05, 0) is 42.3 Å². The summed E-state index contributed by atoms with van der Waals surface area (Å²) in [6, 6.07) is 12.1. The summed E-state index contributed by atoms with van der Waals surface area (Å²) in [7, 11) is 0. The van der Waals surface area contributed by atoms with Gasteiger partial charge in [0.15, 0.2) is 0 Å². The van der Waals surface area contributed by atoms with Crippen molar-refractivity contribution in [2.75, 3.05) is 17.7 Å². The molecule has 0 aliphatic carbocycles. The van der Waals surface area contributed by atoms with Crippen molar-refractivity contribution in [3.63, 3.8) is 0 Å². The number of aliphatic hydroxyl groups is 1. The van der Waals surface area contributed by atoms with E-state index in [1.165, 1.54) is 6.07 Å². The van der Waals surface area contributed by atoms with Crippen molar-refractivity contribution in [1.29, 1.82) is 0 Å². The molecule has 0 aliphatic heterocycles. The van der Waals surface area contributed by atoms with Crippen LogP contribution in [0.15, 0.2) is 42.5 Å². The van der Waals surface area contributed by atoms with Crippen molar-refractivity contribution in [2.24, 2.45) is 0 Å². The molecule has 1 amide bonds. The van der Waals surface area contributed by atoms with Crippen LogP contribution in [-0.4, -0.2) is 17.6 Å². The summed E-state index contributed by atoms with van der Waals surface area (Å²) in [6.45, 7) is 0.107. The first-order valence-corrected chi connectivity index (χ1v) is 6.54. The van der Waals surface area contributed by atoms with Crippen LogP contribution in [-0.2, 0) is 6.42 Å². The Balaban J connectivity index is 2.08. The first kappa shape index (κ1) is 14.4. The minimum atomic E-state index is -0.247. The van der Waals surface area contributed by atoms with E-state index in [1.807, 2.05) is 12.1 Å². The van der Waals surface area contributed by atoms with Gasteiger partial charge in [0.2, 0.25) is 0 Å². The van der Waals surface area contributed by atoms with Crippen molar-refractivity contribution in [3.8, 4) is 0 Å². The summed E-state index contributed by atoms with van der Waals surface area (Å²) >= 11 is 5.82. The Morgan fingerprint density at radius 3 is 2.50 bits per heavy atom. The number of anilines is 2. The average Bonchev–Trinajstić information content (AvgIpc) is 2.44. The second-order valence-electron chi connectivity index (χ2n) is 4.36. The van der Waals surface area contributed by atoms with Gasteiger partial charge in [0.25, 0.3) is 5.91 Å². The number of halogens is 1. The highest BCUT2D eigenvalue weighted by molar-refractivity contribution is 6.33. The standard InChI is InChI=1S/C15H15ClN2O2/c16-13-6-3-11(9-14(13)17)15(20)18-12-4-1-10(2-5-12)7-8-19/h1-6,9,19H,7-8,17H2,(H,18,20). The number of hydrogen-bond donors (Lipinski definition) is 3. The number of nitrogen functional groups attached to an aromatic ring is 1. The first-order valence-electron chi connectivity index (χ1n) is 6.16. The molecule has 0 fully saturated rings. The van der Waals surface area contributed by atoms with Gasteiger partial charge in [0.05, 0.1) is 10.7 Å². The van der Waals surface area contributed by atoms with Gasteiger partial charge >= 0.3 is 0 Å². The lowest BCUT2D eigenvalue weighted by Gasteiger charge is -2.07. The molecule has 2 aromatic carbocycles. The third-order valence-corrected chi connectivity index (χ3v) is 3.21. The highest BCUT2D eigenvalue weighted by atomic mass is 35.5. The van der Waals surface area contributed by atoms with Crippen molar-refractivity contribution in [3.05, 3.63) is 58.6 Å². The molecule has 0 heterocycles. The van der Waals surface area contributed by atoms with E-state index in [4.69, 9.17) is 22.4 Å². The fourth-order valence-corrected chi connectivity index (χ4v) is 1.89. The maximum atomic E-state index is 12.0. The molecule has 0 atom stereocenters. The summed E-state index contributed by atoms with van der Waals surface area (Å²) in [6.07, 6.45) is 0.599. The van der Waals surface area contributed by atoms with E-state index in [0.717, 1.165) is 5.56 Å². The van der Waals surface area contributed by atoms with Crippen LogP contribution in [0.3, 0.4) is 0 Å². The number of nitrogens with one attached hydrogen (secondary N) is 1. The van der Waals surface area contributed by atoms with E-state index in [9.17, 15) is 4.79 Å². The molecular weight excluding hydrogens is 276 g/mol. The molecule has 0 unspecified atom stereocenters. The topological polar surface area (TPSA) is 75.4 Å². The van der Waals surface area contributed by atoms with Crippen LogP contribution in [0.2, 0.25) is 5.02 Å². The molecule has 4 nitrogen and oxygen atoms in total. The number of amides is 1. The summed E-state index contributed by atoms with van der Waals surface area (Å²) in [5.41, 5.74) is 8.19. The lowest BCUT2D eigenvalue weighted by atomic mass is 10.1. The van der Waals surface area contributed by atoms with Gasteiger partial charge in [-0.2, -0.15) is 0 Å². The monoisotopic (exact) mass is 290 g/mol. The second kappa shape index (κ2) is 6.41. The highest BCUT2D eigenvalue weighted by Crippen LogP contribution is 2.20. The van der Waals surface area contributed by atoms with E-state index < -0.39 is 0 Å². The van der Waals surface area contributed by atoms with Crippen LogP contribution in [0.1, 0.15) is 15.9 Å². The molecule has 4 N–H and O–H groups in total. The van der Waals surface area contributed by atoms with E-state index >= 15 is 0 Å². The van der Waals surface area contributed by atoms with Crippen LogP contribution in [0.4, 0.5) is 11.4 Å². The second-order valence-corrected chi connectivity index (χ2v) is 4.77. The molecule has 0 saturated carbocycles. The number of benzene rings is 2. The van der Waals surface area contributed by atoms with Crippen LogP contribution < -0.4 is 11.1 Å². The molecule has 0 radical (unpaired) electrons. The summed E-state index contributed by atoms with van der Waals surface area (Å²) in [5.74, 6) is -0.247. The molecule has 0 aromatic heterocycles. The third-order valence-electron chi connectivity index (χ3n) is 2.87. The van der Waals surface area contributed by atoms with Crippen LogP contribution in [0, 0.1) is 0 Å². The van der Waals surface area contributed by atoms with Gasteiger partial charge in [-0.1, -0.05) is 23.7 Å². The Morgan fingerprint density at radius 2 is 1.90 bits per heavy atom. The zero-order valence-electron chi connectivity index (χ0n) is 10.8. The van der Waals surface area contributed by atoms with Gasteiger partial charge < -0.3 is 16.2 Å². The maximum absolute atomic E-state index is 12.0. The number of carbonyl (C=O) groups excluding carboxylic acids is 1. The molecule has 20 heavy (non-hydrogen) atoms. The molecule has 0 saturated heterocycles. The minimum Gasteiger partial charge on any atom is -0.398 e. The number of carbonyl (C=O) groups is 1. The van der Waals surface area contributed by atoms with E-state index in [-0.39, 0.29) is 12.5 Å². The highest BCUT2D eigenvalue weighted by Gasteiger charge is 2.08. The average molecular weight is 291 g/mol. The summed E-state index contributed by atoms with van der Waals surface area (Å²) in [4.78, 5) is 12.0. The lowest BCUT2D eigenvalue weighted by Crippen LogP contribution is -2.12. The molecule has 2 aromatic rings. The SMILES string of the molecule is Nc1cc(C(=O)Nc2ccc(CCO)cc2)ccc1Cl. The Bertz CT molecular complexity index is 612. The van der Waals surface area contributed by atoms with Crippen LogP contribution in [0.5, 0.6) is 0 Å². The fourth-order valence-electron chi connectivity index (χ4n) is 1.77. The van der Waals surface area contributed by atoms with Crippen molar-refractivity contribution < 1.29 is 9.90 Å². The fraction of sp³-hybridized carbons (Fsp3) is 0.133. The first-order chi connectivity index (χ1) is 9.60. The predicted octanol–water partition coefficient (Wildman–Crippen LogP) is 2.71. The van der Waals surface area contributed by atoms with E-state index in [2.05, 4.69) is 5.32 Å². The van der Waals surface area contributed by atoms with Crippen molar-refractivity contribution >= 4 is 28.9 Å². The minimum absolute atomic E-state index is 0.107. The quantitative estimate of drug-likeness (QED) is 0.758. The zero-order chi connectivity index (χ0) is 14.5.